The van der Waals surface area contributed by atoms with Gasteiger partial charge in [0.15, 0.2) is 0 Å². The minimum absolute atomic E-state index is 0.0554. The molecule has 0 aromatic heterocycles. The molecule has 2 N–H and O–H groups in total. The van der Waals surface area contributed by atoms with Crippen molar-refractivity contribution in [3.63, 3.8) is 0 Å². The lowest BCUT2D eigenvalue weighted by molar-refractivity contribution is -0.142. The van der Waals surface area contributed by atoms with Gasteiger partial charge in [-0.1, -0.05) is 26.2 Å². The van der Waals surface area contributed by atoms with Crippen molar-refractivity contribution < 1.29 is 19.7 Å². The third-order valence-corrected chi connectivity index (χ3v) is 3.22. The van der Waals surface area contributed by atoms with E-state index in [0.717, 1.165) is 31.2 Å². The molecule has 112 valence electrons. The average Bonchev–Trinajstić information content (AvgIpc) is 2.34. The second kappa shape index (κ2) is 8.46. The number of carbonyl (C=O) groups is 1. The maximum absolute atomic E-state index is 10.9. The molecule has 0 fully saturated rings. The maximum Gasteiger partial charge on any atom is 0.302 e. The second-order valence-corrected chi connectivity index (χ2v) is 5.23. The van der Waals surface area contributed by atoms with E-state index in [0.29, 0.717) is 13.0 Å². The van der Waals surface area contributed by atoms with E-state index in [2.05, 4.69) is 6.92 Å². The van der Waals surface area contributed by atoms with Crippen molar-refractivity contribution in [3.8, 4) is 11.5 Å². The molecular formula is C16H24O4. The molecule has 0 amide bonds. The quantitative estimate of drug-likeness (QED) is 0.566. The molecule has 0 heterocycles. The Morgan fingerprint density at radius 1 is 1.20 bits per heavy atom. The van der Waals surface area contributed by atoms with Crippen LogP contribution in [0, 0.1) is 5.92 Å². The van der Waals surface area contributed by atoms with Gasteiger partial charge in [0, 0.05) is 13.0 Å². The van der Waals surface area contributed by atoms with Crippen molar-refractivity contribution >= 4 is 5.97 Å². The molecule has 0 aliphatic heterocycles. The van der Waals surface area contributed by atoms with Crippen LogP contribution in [0.25, 0.3) is 0 Å². The number of phenols is 2. The summed E-state index contributed by atoms with van der Waals surface area (Å²) in [6.45, 7) is 3.94. The lowest BCUT2D eigenvalue weighted by Crippen LogP contribution is -2.15. The molecule has 1 atom stereocenters. The van der Waals surface area contributed by atoms with Crippen LogP contribution in [0.15, 0.2) is 18.2 Å². The highest BCUT2D eigenvalue weighted by Crippen LogP contribution is 2.24. The molecular weight excluding hydrogens is 256 g/mol. The Hall–Kier alpha value is -1.71. The monoisotopic (exact) mass is 280 g/mol. The molecule has 1 aromatic carbocycles. The Bertz CT molecular complexity index is 408. The van der Waals surface area contributed by atoms with Gasteiger partial charge in [0.05, 0.1) is 6.61 Å². The number of unbranched alkanes of at least 4 members (excludes halogenated alkanes) is 2. The van der Waals surface area contributed by atoms with Crippen LogP contribution in [0.3, 0.4) is 0 Å². The fourth-order valence-electron chi connectivity index (χ4n) is 2.27. The molecule has 0 aliphatic carbocycles. The number of ether oxygens (including phenoxy) is 1. The van der Waals surface area contributed by atoms with Crippen LogP contribution in [0.4, 0.5) is 0 Å². The first kappa shape index (κ1) is 16.3. The molecule has 4 heteroatoms. The molecule has 0 saturated heterocycles. The Balaban J connectivity index is 2.63. The normalized spacial score (nSPS) is 12.1. The summed E-state index contributed by atoms with van der Waals surface area (Å²) in [6.07, 6.45) is 5.04. The predicted molar refractivity (Wildman–Crippen MR) is 77.7 cm³/mol. The van der Waals surface area contributed by atoms with Gasteiger partial charge in [-0.05, 0) is 36.5 Å². The number of aromatic hydroxyl groups is 2. The molecule has 0 spiro atoms. The van der Waals surface area contributed by atoms with Gasteiger partial charge in [-0.2, -0.15) is 0 Å². The Morgan fingerprint density at radius 2 is 1.85 bits per heavy atom. The number of hydrogen-bond donors (Lipinski definition) is 2. The van der Waals surface area contributed by atoms with Gasteiger partial charge in [0.2, 0.25) is 0 Å². The zero-order valence-corrected chi connectivity index (χ0v) is 12.3. The van der Waals surface area contributed by atoms with Gasteiger partial charge in [-0.15, -0.1) is 0 Å². The first-order valence-corrected chi connectivity index (χ1v) is 7.16. The highest BCUT2D eigenvalue weighted by molar-refractivity contribution is 5.65. The van der Waals surface area contributed by atoms with Gasteiger partial charge in [0.1, 0.15) is 11.5 Å². The number of rotatable bonds is 8. The summed E-state index contributed by atoms with van der Waals surface area (Å²) >= 11 is 0. The number of hydrogen-bond acceptors (Lipinski definition) is 4. The lowest BCUT2D eigenvalue weighted by Gasteiger charge is -2.17. The lowest BCUT2D eigenvalue weighted by atomic mass is 9.94. The fourth-order valence-corrected chi connectivity index (χ4v) is 2.27. The van der Waals surface area contributed by atoms with E-state index < -0.39 is 0 Å². The zero-order chi connectivity index (χ0) is 15.0. The average molecular weight is 280 g/mol. The van der Waals surface area contributed by atoms with Crippen LogP contribution in [0.5, 0.6) is 11.5 Å². The Morgan fingerprint density at radius 3 is 2.40 bits per heavy atom. The summed E-state index contributed by atoms with van der Waals surface area (Å²) in [5.41, 5.74) is 0.858. The first-order valence-electron chi connectivity index (χ1n) is 7.16. The van der Waals surface area contributed by atoms with Gasteiger partial charge < -0.3 is 14.9 Å². The highest BCUT2D eigenvalue weighted by Gasteiger charge is 2.13. The van der Waals surface area contributed by atoms with E-state index in [-0.39, 0.29) is 23.4 Å². The largest absolute Gasteiger partial charge is 0.508 e. The van der Waals surface area contributed by atoms with E-state index >= 15 is 0 Å². The number of benzene rings is 1. The zero-order valence-electron chi connectivity index (χ0n) is 12.3. The van der Waals surface area contributed by atoms with Crippen LogP contribution in [-0.2, 0) is 16.0 Å². The van der Waals surface area contributed by atoms with Crippen LogP contribution < -0.4 is 0 Å². The maximum atomic E-state index is 10.9. The van der Waals surface area contributed by atoms with E-state index in [4.69, 9.17) is 4.74 Å². The van der Waals surface area contributed by atoms with Crippen LogP contribution in [0.1, 0.15) is 45.1 Å². The van der Waals surface area contributed by atoms with Crippen molar-refractivity contribution in [1.29, 1.82) is 0 Å². The summed E-state index contributed by atoms with van der Waals surface area (Å²) < 4.78 is 5.10. The predicted octanol–water partition coefficient (Wildman–Crippen LogP) is 3.40. The molecule has 4 nitrogen and oxygen atoms in total. The molecule has 20 heavy (non-hydrogen) atoms. The first-order chi connectivity index (χ1) is 9.51. The number of carbonyl (C=O) groups excluding carboxylic acids is 1. The summed E-state index contributed by atoms with van der Waals surface area (Å²) in [7, 11) is 0. The van der Waals surface area contributed by atoms with Gasteiger partial charge >= 0.3 is 5.97 Å². The minimum atomic E-state index is -0.274. The summed E-state index contributed by atoms with van der Waals surface area (Å²) in [5.74, 6) is 0.0514. The molecule has 0 aliphatic rings. The van der Waals surface area contributed by atoms with Crippen molar-refractivity contribution in [2.24, 2.45) is 5.92 Å². The third-order valence-electron chi connectivity index (χ3n) is 3.22. The number of esters is 1. The Labute approximate surface area is 120 Å². The van der Waals surface area contributed by atoms with Crippen molar-refractivity contribution in [3.05, 3.63) is 23.8 Å². The van der Waals surface area contributed by atoms with Crippen molar-refractivity contribution in [1.82, 2.24) is 0 Å². The van der Waals surface area contributed by atoms with Crippen LogP contribution in [0.2, 0.25) is 0 Å². The van der Waals surface area contributed by atoms with Gasteiger partial charge in [-0.3, -0.25) is 4.79 Å². The smallest absolute Gasteiger partial charge is 0.302 e. The van der Waals surface area contributed by atoms with Crippen molar-refractivity contribution in [2.75, 3.05) is 6.61 Å². The van der Waals surface area contributed by atoms with Crippen LogP contribution in [-0.4, -0.2) is 22.8 Å². The second-order valence-electron chi connectivity index (χ2n) is 5.23. The minimum Gasteiger partial charge on any atom is -0.508 e. The third kappa shape index (κ3) is 6.45. The van der Waals surface area contributed by atoms with Gasteiger partial charge in [-0.25, -0.2) is 0 Å². The topological polar surface area (TPSA) is 66.8 Å². The molecule has 0 saturated carbocycles. The highest BCUT2D eigenvalue weighted by atomic mass is 16.5. The van der Waals surface area contributed by atoms with E-state index in [1.807, 2.05) is 0 Å². The summed E-state index contributed by atoms with van der Waals surface area (Å²) in [6, 6.07) is 4.59. The SMILES string of the molecule is CCCCCC(COC(C)=O)Cc1cc(O)cc(O)c1. The van der Waals surface area contributed by atoms with E-state index in [9.17, 15) is 15.0 Å². The fraction of sp³-hybridized carbons (Fsp3) is 0.562. The standard InChI is InChI=1S/C16H24O4/c1-3-4-5-6-13(11-20-12(2)17)7-14-8-15(18)10-16(19)9-14/h8-10,13,18-19H,3-7,11H2,1-2H3. The number of phenolic OH excluding ortho intramolecular Hbond substituents is 2. The van der Waals surface area contributed by atoms with Crippen LogP contribution >= 0.6 is 0 Å². The van der Waals surface area contributed by atoms with E-state index in [1.165, 1.54) is 13.0 Å². The Kier molecular flexibility index (Phi) is 6.91. The molecule has 0 bridgehead atoms. The molecule has 1 rings (SSSR count). The van der Waals surface area contributed by atoms with E-state index in [1.54, 1.807) is 12.1 Å². The summed E-state index contributed by atoms with van der Waals surface area (Å²) in [5, 5.41) is 19.0. The van der Waals surface area contributed by atoms with Crippen molar-refractivity contribution in [2.45, 2.75) is 46.0 Å². The molecule has 1 unspecified atom stereocenters. The molecule has 1 aromatic rings. The molecule has 0 radical (unpaired) electrons. The van der Waals surface area contributed by atoms with Gasteiger partial charge in [0.25, 0.3) is 0 Å². The summed E-state index contributed by atoms with van der Waals surface area (Å²) in [4.78, 5) is 10.9.